The van der Waals surface area contributed by atoms with Crippen molar-refractivity contribution in [1.82, 2.24) is 69.0 Å². The molecule has 8 aromatic heterocycles. The van der Waals surface area contributed by atoms with E-state index in [2.05, 4.69) is 76.5 Å². The Kier molecular flexibility index (Phi) is 17.9. The Hall–Kier alpha value is -7.83. The fourth-order valence-electron chi connectivity index (χ4n) is 6.97. The van der Waals surface area contributed by atoms with Gasteiger partial charge in [-0.05, 0) is 147 Å². The van der Waals surface area contributed by atoms with Gasteiger partial charge in [0.25, 0.3) is 5.91 Å². The lowest BCUT2D eigenvalue weighted by Crippen LogP contribution is -2.41. The maximum absolute atomic E-state index is 12.8. The molecule has 0 atom stereocenters. The van der Waals surface area contributed by atoms with Gasteiger partial charge in [0.15, 0.2) is 0 Å². The van der Waals surface area contributed by atoms with Crippen LogP contribution in [0.4, 0.5) is 5.82 Å². The van der Waals surface area contributed by atoms with Gasteiger partial charge >= 0.3 is 19.1 Å². The summed E-state index contributed by atoms with van der Waals surface area (Å²) in [7, 11) is 7.84. The molecule has 9 heterocycles. The lowest BCUT2D eigenvalue weighted by Gasteiger charge is -2.32. The van der Waals surface area contributed by atoms with Crippen LogP contribution in [0.5, 0.6) is 0 Å². The van der Waals surface area contributed by atoms with Crippen molar-refractivity contribution >= 4 is 52.2 Å². The number of aromatic nitrogens is 14. The van der Waals surface area contributed by atoms with Gasteiger partial charge in [0, 0.05) is 69.5 Å². The largest absolute Gasteiger partial charge is 0.495 e. The number of aryl methyl sites for hydroxylation is 6. The van der Waals surface area contributed by atoms with Gasteiger partial charge in [0.2, 0.25) is 5.82 Å². The van der Waals surface area contributed by atoms with E-state index in [9.17, 15) is 14.4 Å². The van der Waals surface area contributed by atoms with Crippen LogP contribution in [0, 0.1) is 20.8 Å². The number of tetrazole rings is 1. The molecule has 0 aromatic carbocycles. The van der Waals surface area contributed by atoms with Gasteiger partial charge in [-0.15, -0.1) is 5.10 Å². The molecule has 0 unspecified atom stereocenters. The highest BCUT2D eigenvalue weighted by Gasteiger charge is 2.52. The fourth-order valence-corrected chi connectivity index (χ4v) is 7.38. The van der Waals surface area contributed by atoms with Crippen molar-refractivity contribution in [2.75, 3.05) is 19.5 Å². The van der Waals surface area contributed by atoms with Crippen molar-refractivity contribution in [3.63, 3.8) is 0 Å². The molecule has 0 radical (unpaired) electrons. The zero-order valence-electron chi connectivity index (χ0n) is 43.8. The van der Waals surface area contributed by atoms with Crippen LogP contribution in [0.2, 0.25) is 0 Å². The molecule has 0 bridgehead atoms. The van der Waals surface area contributed by atoms with Gasteiger partial charge in [-0.1, -0.05) is 6.07 Å². The molecule has 1 amide bonds. The van der Waals surface area contributed by atoms with Crippen LogP contribution in [-0.2, 0) is 39.9 Å². The highest BCUT2D eigenvalue weighted by Crippen LogP contribution is 2.37. The average Bonchev–Trinajstić information content (AvgIpc) is 4.23. The minimum atomic E-state index is -0.508. The number of rotatable bonds is 9. The molecular formula is C50H59BBrN15O7. The first kappa shape index (κ1) is 55.5. The van der Waals surface area contributed by atoms with E-state index >= 15 is 0 Å². The summed E-state index contributed by atoms with van der Waals surface area (Å²) in [6, 6.07) is 10.5. The van der Waals surface area contributed by atoms with Crippen molar-refractivity contribution in [3.8, 4) is 33.9 Å². The van der Waals surface area contributed by atoms with Crippen LogP contribution < -0.4 is 10.8 Å². The number of nitrogens with one attached hydrogen (secondary N) is 1. The van der Waals surface area contributed by atoms with Crippen LogP contribution in [0.3, 0.4) is 0 Å². The van der Waals surface area contributed by atoms with Crippen molar-refractivity contribution < 1.29 is 33.2 Å². The number of hydrogen-bond donors (Lipinski definition) is 1. The quantitative estimate of drug-likeness (QED) is 0.114. The second-order valence-corrected chi connectivity index (χ2v) is 19.2. The number of esters is 2. The SMILES string of the molecule is COC(=O)c1cc(-c2cn(C)cn2)c(C)cn1.COC(=O)c1cc(B2OC(C)(C)C(C)(C)O2)c(C)cn1.Cc1cnc(C(=O)Nc2cccc(-c3nnnn3C(C)C)n2)cc1-c1cnn(C)c1.Cn1cnc(Br)c1. The molecule has 1 aliphatic rings. The fraction of sp³-hybridized carbons (Fsp3) is 0.340. The Balaban J connectivity index is 0.000000176. The third-order valence-corrected chi connectivity index (χ3v) is 12.2. The Bertz CT molecular complexity index is 3220. The smallest absolute Gasteiger partial charge is 0.464 e. The summed E-state index contributed by atoms with van der Waals surface area (Å²) in [4.78, 5) is 60.8. The number of methoxy groups -OCH3 is 2. The maximum atomic E-state index is 12.8. The third kappa shape index (κ3) is 13.6. The molecule has 1 aliphatic heterocycles. The van der Waals surface area contributed by atoms with E-state index in [0.717, 1.165) is 49.1 Å². The van der Waals surface area contributed by atoms with Crippen LogP contribution in [0.25, 0.3) is 33.9 Å². The van der Waals surface area contributed by atoms with E-state index in [1.165, 1.54) is 14.2 Å². The third-order valence-electron chi connectivity index (χ3n) is 11.8. The zero-order valence-corrected chi connectivity index (χ0v) is 45.4. The van der Waals surface area contributed by atoms with Gasteiger partial charge in [0.1, 0.15) is 33.2 Å². The Morgan fingerprint density at radius 2 is 1.30 bits per heavy atom. The number of ether oxygens (including phenoxy) is 2. The predicted molar refractivity (Wildman–Crippen MR) is 280 cm³/mol. The van der Waals surface area contributed by atoms with Crippen LogP contribution in [0.1, 0.15) is 95.7 Å². The molecule has 22 nitrogen and oxygen atoms in total. The van der Waals surface area contributed by atoms with Crippen LogP contribution in [-0.4, -0.2) is 119 Å². The minimum Gasteiger partial charge on any atom is -0.464 e. The van der Waals surface area contributed by atoms with E-state index in [-0.39, 0.29) is 17.6 Å². The molecule has 24 heteroatoms. The summed E-state index contributed by atoms with van der Waals surface area (Å²) in [5.74, 6) is -0.340. The molecule has 9 rings (SSSR count). The number of carbonyl (C=O) groups excluding carboxylic acids is 3. The summed E-state index contributed by atoms with van der Waals surface area (Å²) >= 11 is 3.20. The first-order chi connectivity index (χ1) is 35.0. The first-order valence-corrected chi connectivity index (χ1v) is 23.9. The van der Waals surface area contributed by atoms with E-state index in [1.807, 2.05) is 111 Å². The summed E-state index contributed by atoms with van der Waals surface area (Å²) < 4.78 is 29.3. The van der Waals surface area contributed by atoms with Gasteiger partial charge in [-0.3, -0.25) is 14.5 Å². The lowest BCUT2D eigenvalue weighted by atomic mass is 9.76. The Morgan fingerprint density at radius 3 is 1.84 bits per heavy atom. The zero-order chi connectivity index (χ0) is 54.1. The summed E-state index contributed by atoms with van der Waals surface area (Å²) in [5, 5.41) is 18.8. The van der Waals surface area contributed by atoms with Crippen LogP contribution in [0.15, 0.2) is 97.0 Å². The normalized spacial score (nSPS) is 13.2. The molecule has 8 aromatic rings. The highest BCUT2D eigenvalue weighted by atomic mass is 79.9. The molecule has 0 aliphatic carbocycles. The number of hydrogen-bond acceptors (Lipinski definition) is 17. The van der Waals surface area contributed by atoms with E-state index in [4.69, 9.17) is 14.0 Å². The van der Waals surface area contributed by atoms with E-state index in [1.54, 1.807) is 83.2 Å². The molecule has 0 spiro atoms. The first-order valence-electron chi connectivity index (χ1n) is 23.1. The molecule has 386 valence electrons. The summed E-state index contributed by atoms with van der Waals surface area (Å²) in [5.41, 5.74) is 7.75. The number of pyridine rings is 4. The van der Waals surface area contributed by atoms with Gasteiger partial charge < -0.3 is 33.2 Å². The van der Waals surface area contributed by atoms with Crippen molar-refractivity contribution in [3.05, 3.63) is 131 Å². The monoisotopic (exact) mass is 1070 g/mol. The number of imidazole rings is 2. The number of anilines is 1. The molecule has 1 fully saturated rings. The maximum Gasteiger partial charge on any atom is 0.495 e. The standard InChI is InChI=1S/C20H21N9O.C14H20BNO4.C12H13N3O2.C4H5BrN2/c1-12(2)29-19(25-26-27-29)16-6-5-7-18(23-16)24-20(30)17-8-15(13(3)9-21-17)14-10-22-28(4)11-14;1-9-8-16-11(12(17)18-6)7-10(9)15-19-13(2,3)14(4,5)20-15;1-8-5-13-10(12(16)17-3)4-9(8)11-6-15(2)7-14-11;1-7-2-4(5)6-3-7/h5-12H,1-4H3,(H,23,24,30);7-8H,1-6H3;4-7H,1-3H3;2-3H,1H3. The lowest BCUT2D eigenvalue weighted by molar-refractivity contribution is 0.00578. The second-order valence-electron chi connectivity index (χ2n) is 18.4. The van der Waals surface area contributed by atoms with Gasteiger partial charge in [0.05, 0.1) is 56.0 Å². The molecular weight excluding hydrogens is 1010 g/mol. The van der Waals surface area contributed by atoms with Crippen molar-refractivity contribution in [1.29, 1.82) is 0 Å². The average molecular weight is 1070 g/mol. The van der Waals surface area contributed by atoms with Crippen molar-refractivity contribution in [2.45, 2.75) is 79.6 Å². The Labute approximate surface area is 437 Å². The topological polar surface area (TPSA) is 249 Å². The molecule has 74 heavy (non-hydrogen) atoms. The molecule has 0 saturated carbocycles. The van der Waals surface area contributed by atoms with Gasteiger partial charge in [-0.2, -0.15) is 5.10 Å². The minimum absolute atomic E-state index is 0.0812. The van der Waals surface area contributed by atoms with E-state index < -0.39 is 30.3 Å². The molecule has 1 N–H and O–H groups in total. The number of carbonyl (C=O) groups is 3. The number of nitrogens with zero attached hydrogens (tertiary/aromatic N) is 14. The van der Waals surface area contributed by atoms with Crippen LogP contribution >= 0.6 is 15.9 Å². The highest BCUT2D eigenvalue weighted by molar-refractivity contribution is 9.10. The van der Waals surface area contributed by atoms with E-state index in [0.29, 0.717) is 28.7 Å². The molecule has 1 saturated heterocycles. The number of amides is 1. The second kappa shape index (κ2) is 23.8. The Morgan fingerprint density at radius 1 is 0.716 bits per heavy atom. The summed E-state index contributed by atoms with van der Waals surface area (Å²) in [6.45, 7) is 17.7. The predicted octanol–water partition coefficient (Wildman–Crippen LogP) is 6.91. The van der Waals surface area contributed by atoms with Gasteiger partial charge in [-0.25, -0.2) is 39.2 Å². The number of halogens is 1. The van der Waals surface area contributed by atoms with Crippen molar-refractivity contribution in [2.24, 2.45) is 21.1 Å². The summed E-state index contributed by atoms with van der Waals surface area (Å²) in [6.07, 6.45) is 15.9.